The highest BCUT2D eigenvalue weighted by Crippen LogP contribution is 2.33. The van der Waals surface area contributed by atoms with Crippen molar-refractivity contribution < 1.29 is 13.2 Å². The summed E-state index contributed by atoms with van der Waals surface area (Å²) < 4.78 is 35.1. The van der Waals surface area contributed by atoms with Gasteiger partial charge in [-0.2, -0.15) is 0 Å². The molecule has 0 aliphatic carbocycles. The second-order valence-electron chi connectivity index (χ2n) is 11.5. The minimum absolute atomic E-state index is 0.289. The summed E-state index contributed by atoms with van der Waals surface area (Å²) in [6.45, 7) is 12.9. The number of benzene rings is 2. The van der Waals surface area contributed by atoms with Crippen LogP contribution in [0.2, 0.25) is 0 Å². The maximum absolute atomic E-state index is 14.0. The number of anilines is 1. The van der Waals surface area contributed by atoms with Crippen LogP contribution in [0.4, 0.5) is 5.69 Å². The lowest BCUT2D eigenvalue weighted by Crippen LogP contribution is -2.48. The highest BCUT2D eigenvalue weighted by atomic mass is 32.2. The Labute approximate surface area is 249 Å². The fourth-order valence-corrected chi connectivity index (χ4v) is 7.77. The largest absolute Gasteiger partial charge is 0.379 e. The van der Waals surface area contributed by atoms with Crippen LogP contribution in [0.15, 0.2) is 77.8 Å². The number of fused-ring (bicyclic) bond motifs is 1. The highest BCUT2D eigenvalue weighted by molar-refractivity contribution is 7.90. The van der Waals surface area contributed by atoms with Gasteiger partial charge in [-0.15, -0.1) is 0 Å². The minimum Gasteiger partial charge on any atom is -0.379 e. The molecule has 9 heteroatoms. The van der Waals surface area contributed by atoms with Crippen LogP contribution < -0.4 is 4.90 Å². The molecule has 222 valence electrons. The zero-order valence-electron chi connectivity index (χ0n) is 24.7. The lowest BCUT2D eigenvalue weighted by molar-refractivity contribution is 0.0374. The number of piperazine rings is 1. The molecule has 0 N–H and O–H groups in total. The Balaban J connectivity index is 1.32. The maximum Gasteiger partial charge on any atom is 0.268 e. The van der Waals surface area contributed by atoms with Crippen molar-refractivity contribution in [2.24, 2.45) is 0 Å². The van der Waals surface area contributed by atoms with Crippen molar-refractivity contribution in [3.63, 3.8) is 0 Å². The standard InChI is InChI=1S/C33H41N5O3S/c1-26(2)36-17-19-37(20-18-36)28-12-10-27(11-13-28)33-31-25-29(7-6-16-35-21-23-41-24-22-35)38(32(31)14-15-34-33)42(39,40)30-8-4-3-5-9-30/h3-5,8-15,25-26H,6-7,16-24H2,1-2H3. The van der Waals surface area contributed by atoms with Gasteiger partial charge in [-0.25, -0.2) is 12.4 Å². The number of hydrogen-bond donors (Lipinski definition) is 0. The molecule has 2 aliphatic rings. The molecule has 0 amide bonds. The van der Waals surface area contributed by atoms with Crippen LogP contribution in [-0.4, -0.2) is 92.2 Å². The Kier molecular flexibility index (Phi) is 8.62. The molecule has 0 radical (unpaired) electrons. The molecule has 4 heterocycles. The van der Waals surface area contributed by atoms with Crippen molar-refractivity contribution in [1.82, 2.24) is 18.8 Å². The van der Waals surface area contributed by atoms with Gasteiger partial charge in [0, 0.05) is 73.8 Å². The minimum atomic E-state index is -3.79. The first-order valence-electron chi connectivity index (χ1n) is 15.1. The normalized spacial score (nSPS) is 17.4. The first-order chi connectivity index (χ1) is 20.4. The number of aryl methyl sites for hydroxylation is 1. The Morgan fingerprint density at radius 1 is 0.881 bits per heavy atom. The molecule has 2 aliphatic heterocycles. The van der Waals surface area contributed by atoms with E-state index in [1.54, 1.807) is 34.4 Å². The highest BCUT2D eigenvalue weighted by Gasteiger charge is 2.25. The predicted molar refractivity (Wildman–Crippen MR) is 169 cm³/mol. The Hall–Kier alpha value is -3.24. The van der Waals surface area contributed by atoms with E-state index < -0.39 is 10.0 Å². The van der Waals surface area contributed by atoms with Gasteiger partial charge in [-0.1, -0.05) is 30.3 Å². The van der Waals surface area contributed by atoms with E-state index in [4.69, 9.17) is 9.72 Å². The van der Waals surface area contributed by atoms with Gasteiger partial charge in [0.15, 0.2) is 0 Å². The summed E-state index contributed by atoms with van der Waals surface area (Å²) in [5, 5.41) is 0.858. The quantitative estimate of drug-likeness (QED) is 0.280. The molecule has 0 bridgehead atoms. The van der Waals surface area contributed by atoms with Crippen molar-refractivity contribution in [3.05, 3.63) is 78.6 Å². The third-order valence-corrected chi connectivity index (χ3v) is 10.4. The van der Waals surface area contributed by atoms with Crippen LogP contribution in [0.3, 0.4) is 0 Å². The number of pyridine rings is 1. The van der Waals surface area contributed by atoms with Gasteiger partial charge in [0.2, 0.25) is 0 Å². The topological polar surface area (TPSA) is 70.9 Å². The predicted octanol–water partition coefficient (Wildman–Crippen LogP) is 4.74. The lowest BCUT2D eigenvalue weighted by atomic mass is 10.1. The van der Waals surface area contributed by atoms with Crippen molar-refractivity contribution in [2.75, 3.05) is 63.9 Å². The van der Waals surface area contributed by atoms with Gasteiger partial charge in [0.25, 0.3) is 10.0 Å². The Morgan fingerprint density at radius 2 is 1.60 bits per heavy atom. The molecule has 4 aromatic rings. The summed E-state index contributed by atoms with van der Waals surface area (Å²) in [7, 11) is -3.79. The summed E-state index contributed by atoms with van der Waals surface area (Å²) >= 11 is 0. The molecule has 2 fully saturated rings. The van der Waals surface area contributed by atoms with Crippen LogP contribution in [-0.2, 0) is 21.2 Å². The van der Waals surface area contributed by atoms with Gasteiger partial charge in [-0.3, -0.25) is 14.8 Å². The first-order valence-corrected chi connectivity index (χ1v) is 16.6. The molecule has 2 aromatic carbocycles. The summed E-state index contributed by atoms with van der Waals surface area (Å²) in [5.41, 5.74) is 4.46. The summed E-state index contributed by atoms with van der Waals surface area (Å²) in [6, 6.07) is 21.7. The van der Waals surface area contributed by atoms with E-state index in [0.717, 1.165) is 87.8 Å². The van der Waals surface area contributed by atoms with Crippen LogP contribution in [0.5, 0.6) is 0 Å². The van der Waals surface area contributed by atoms with Gasteiger partial charge < -0.3 is 9.64 Å². The third kappa shape index (κ3) is 5.97. The lowest BCUT2D eigenvalue weighted by Gasteiger charge is -2.38. The first kappa shape index (κ1) is 28.9. The monoisotopic (exact) mass is 587 g/mol. The number of rotatable bonds is 9. The van der Waals surface area contributed by atoms with Crippen molar-refractivity contribution >= 4 is 26.6 Å². The van der Waals surface area contributed by atoms with E-state index >= 15 is 0 Å². The van der Waals surface area contributed by atoms with E-state index in [1.165, 1.54) is 5.69 Å². The van der Waals surface area contributed by atoms with Crippen LogP contribution in [0, 0.1) is 0 Å². The van der Waals surface area contributed by atoms with Crippen LogP contribution >= 0.6 is 0 Å². The summed E-state index contributed by atoms with van der Waals surface area (Å²) in [5.74, 6) is 0. The molecule has 0 saturated carbocycles. The van der Waals surface area contributed by atoms with Crippen molar-refractivity contribution in [3.8, 4) is 11.3 Å². The van der Waals surface area contributed by atoms with E-state index in [0.29, 0.717) is 18.0 Å². The second kappa shape index (κ2) is 12.6. The zero-order valence-corrected chi connectivity index (χ0v) is 25.5. The number of nitrogens with zero attached hydrogens (tertiary/aromatic N) is 5. The Bertz CT molecular complexity index is 1590. The smallest absolute Gasteiger partial charge is 0.268 e. The third-order valence-electron chi connectivity index (χ3n) is 8.60. The van der Waals surface area contributed by atoms with Gasteiger partial charge in [-0.05, 0) is 69.6 Å². The average molecular weight is 588 g/mol. The molecule has 0 atom stereocenters. The van der Waals surface area contributed by atoms with E-state index in [-0.39, 0.29) is 4.90 Å². The van der Waals surface area contributed by atoms with Crippen LogP contribution in [0.25, 0.3) is 22.2 Å². The average Bonchev–Trinajstić information content (AvgIpc) is 3.41. The number of morpholine rings is 1. The fraction of sp³-hybridized carbons (Fsp3) is 0.424. The summed E-state index contributed by atoms with van der Waals surface area (Å²) in [4.78, 5) is 12.4. The molecule has 0 unspecified atom stereocenters. The van der Waals surface area contributed by atoms with Gasteiger partial charge >= 0.3 is 0 Å². The van der Waals surface area contributed by atoms with Gasteiger partial charge in [0.1, 0.15) is 0 Å². The van der Waals surface area contributed by atoms with E-state index in [1.807, 2.05) is 18.2 Å². The van der Waals surface area contributed by atoms with Gasteiger partial charge in [0.05, 0.1) is 29.3 Å². The molecule has 6 rings (SSSR count). The number of hydrogen-bond acceptors (Lipinski definition) is 7. The van der Waals surface area contributed by atoms with E-state index in [2.05, 4.69) is 52.8 Å². The second-order valence-corrected chi connectivity index (χ2v) is 13.3. The molecule has 8 nitrogen and oxygen atoms in total. The fourth-order valence-electron chi connectivity index (χ4n) is 6.18. The van der Waals surface area contributed by atoms with Crippen molar-refractivity contribution in [1.29, 1.82) is 0 Å². The molecular formula is C33H41N5O3S. The molecular weight excluding hydrogens is 546 g/mol. The number of ether oxygens (including phenoxy) is 1. The molecule has 42 heavy (non-hydrogen) atoms. The van der Waals surface area contributed by atoms with E-state index in [9.17, 15) is 8.42 Å². The molecule has 0 spiro atoms. The summed E-state index contributed by atoms with van der Waals surface area (Å²) in [6.07, 6.45) is 3.24. The number of aromatic nitrogens is 2. The SMILES string of the molecule is CC(C)N1CCN(c2ccc(-c3nccc4c3cc(CCCN3CCOCC3)n4S(=O)(=O)c3ccccc3)cc2)CC1. The Morgan fingerprint density at radius 3 is 2.29 bits per heavy atom. The maximum atomic E-state index is 14.0. The molecule has 2 saturated heterocycles. The van der Waals surface area contributed by atoms with Crippen LogP contribution in [0.1, 0.15) is 26.0 Å². The van der Waals surface area contributed by atoms with Crippen molar-refractivity contribution in [2.45, 2.75) is 37.6 Å². The zero-order chi connectivity index (χ0) is 29.1. The molecule has 2 aromatic heterocycles.